The van der Waals surface area contributed by atoms with E-state index in [4.69, 9.17) is 9.51 Å². The van der Waals surface area contributed by atoms with Gasteiger partial charge in [-0.3, -0.25) is 0 Å². The topological polar surface area (TPSA) is 61.2 Å². The van der Waals surface area contributed by atoms with Crippen LogP contribution >= 0.6 is 0 Å². The summed E-state index contributed by atoms with van der Waals surface area (Å²) in [5.74, 6) is 0.750. The number of aromatic nitrogens is 5. The van der Waals surface area contributed by atoms with E-state index in [1.165, 1.54) is 0 Å². The normalized spacial score (nSPS) is 11.3. The highest BCUT2D eigenvalue weighted by atomic mass is 16.5. The molecule has 0 fully saturated rings. The smallest absolute Gasteiger partial charge is 0.143 e. The lowest BCUT2D eigenvalue weighted by Crippen LogP contribution is -1.96. The Kier molecular flexibility index (Phi) is 3.21. The number of aryl methyl sites for hydroxylation is 1. The van der Waals surface area contributed by atoms with Crippen LogP contribution in [-0.4, -0.2) is 24.3 Å². The first-order chi connectivity index (χ1) is 12.8. The van der Waals surface area contributed by atoms with E-state index in [1.807, 2.05) is 83.1 Å². The Morgan fingerprint density at radius 3 is 2.65 bits per heavy atom. The van der Waals surface area contributed by atoms with Crippen molar-refractivity contribution < 1.29 is 4.52 Å². The van der Waals surface area contributed by atoms with Crippen molar-refractivity contribution >= 4 is 5.65 Å². The van der Waals surface area contributed by atoms with Crippen LogP contribution in [0.5, 0.6) is 0 Å². The molecule has 0 amide bonds. The van der Waals surface area contributed by atoms with Gasteiger partial charge in [0.2, 0.25) is 0 Å². The quantitative estimate of drug-likeness (QED) is 0.494. The number of rotatable bonds is 3. The maximum Gasteiger partial charge on any atom is 0.143 e. The Balaban J connectivity index is 1.65. The summed E-state index contributed by atoms with van der Waals surface area (Å²) in [5.41, 5.74) is 5.39. The third-order valence-corrected chi connectivity index (χ3v) is 4.37. The van der Waals surface area contributed by atoms with Crippen LogP contribution in [0.1, 0.15) is 5.76 Å². The average Bonchev–Trinajstić information content (AvgIpc) is 3.40. The summed E-state index contributed by atoms with van der Waals surface area (Å²) in [6, 6.07) is 15.9. The summed E-state index contributed by atoms with van der Waals surface area (Å²) in [6.45, 7) is 1.91. The molecule has 0 aliphatic carbocycles. The second-order valence-corrected chi connectivity index (χ2v) is 6.06. The molecule has 0 unspecified atom stereocenters. The predicted octanol–water partition coefficient (Wildman–Crippen LogP) is 4.15. The highest BCUT2D eigenvalue weighted by Crippen LogP contribution is 2.33. The highest BCUT2D eigenvalue weighted by Gasteiger charge is 2.19. The number of benzene rings is 1. The maximum absolute atomic E-state index is 5.47. The molecule has 0 aliphatic rings. The number of fused-ring (bicyclic) bond motifs is 1. The fraction of sp³-hybridized carbons (Fsp3) is 0.0500. The lowest BCUT2D eigenvalue weighted by molar-refractivity contribution is 0.400. The molecule has 5 rings (SSSR count). The molecule has 0 atom stereocenters. The molecule has 6 heteroatoms. The van der Waals surface area contributed by atoms with Crippen molar-refractivity contribution in [3.05, 3.63) is 79.1 Å². The first-order valence-electron chi connectivity index (χ1n) is 8.30. The van der Waals surface area contributed by atoms with Crippen molar-refractivity contribution in [2.75, 3.05) is 0 Å². The molecule has 4 heterocycles. The van der Waals surface area contributed by atoms with Crippen LogP contribution in [0.2, 0.25) is 0 Å². The third-order valence-electron chi connectivity index (χ3n) is 4.37. The highest BCUT2D eigenvalue weighted by molar-refractivity contribution is 5.80. The molecule has 6 nitrogen and oxygen atoms in total. The third kappa shape index (κ3) is 2.31. The van der Waals surface area contributed by atoms with Gasteiger partial charge in [-0.15, -0.1) is 0 Å². The van der Waals surface area contributed by atoms with Crippen LogP contribution in [0.3, 0.4) is 0 Å². The number of hydrogen-bond donors (Lipinski definition) is 0. The Hall–Kier alpha value is -3.67. The zero-order chi connectivity index (χ0) is 17.5. The molecule has 0 N–H and O–H groups in total. The summed E-state index contributed by atoms with van der Waals surface area (Å²) in [7, 11) is 0. The Labute approximate surface area is 149 Å². The number of pyridine rings is 1. The van der Waals surface area contributed by atoms with E-state index in [1.54, 1.807) is 6.20 Å². The lowest BCUT2D eigenvalue weighted by atomic mass is 10.0. The molecular formula is C20H15N5O. The Morgan fingerprint density at radius 2 is 1.85 bits per heavy atom. The van der Waals surface area contributed by atoms with Gasteiger partial charge in [-0.05, 0) is 25.1 Å². The van der Waals surface area contributed by atoms with Crippen molar-refractivity contribution in [1.29, 1.82) is 0 Å². The SMILES string of the molecule is Cc1onc(-c2ccccc2)c1-c1cn2cc(-n3cccn3)ccc2n1. The van der Waals surface area contributed by atoms with Crippen molar-refractivity contribution in [1.82, 2.24) is 24.3 Å². The fourth-order valence-electron chi connectivity index (χ4n) is 3.12. The molecule has 0 radical (unpaired) electrons. The van der Waals surface area contributed by atoms with Crippen molar-refractivity contribution in [3.8, 4) is 28.2 Å². The van der Waals surface area contributed by atoms with Gasteiger partial charge < -0.3 is 8.92 Å². The van der Waals surface area contributed by atoms with Gasteiger partial charge in [-0.2, -0.15) is 5.10 Å². The van der Waals surface area contributed by atoms with Crippen LogP contribution in [0.25, 0.3) is 33.8 Å². The van der Waals surface area contributed by atoms with Crippen LogP contribution in [-0.2, 0) is 0 Å². The first kappa shape index (κ1) is 14.7. The van der Waals surface area contributed by atoms with Gasteiger partial charge in [0.25, 0.3) is 0 Å². The Bertz CT molecular complexity index is 1190. The zero-order valence-electron chi connectivity index (χ0n) is 14.1. The zero-order valence-corrected chi connectivity index (χ0v) is 14.1. The second-order valence-electron chi connectivity index (χ2n) is 6.06. The molecule has 26 heavy (non-hydrogen) atoms. The minimum absolute atomic E-state index is 0.750. The molecular weight excluding hydrogens is 326 g/mol. The molecule has 0 aliphatic heterocycles. The molecule has 126 valence electrons. The van der Waals surface area contributed by atoms with Gasteiger partial charge in [0.15, 0.2) is 0 Å². The largest absolute Gasteiger partial charge is 0.360 e. The molecule has 1 aromatic carbocycles. The van der Waals surface area contributed by atoms with E-state index < -0.39 is 0 Å². The molecule has 0 saturated carbocycles. The van der Waals surface area contributed by atoms with Gasteiger partial charge in [0.05, 0.1) is 16.9 Å². The van der Waals surface area contributed by atoms with Crippen LogP contribution in [0.15, 0.2) is 77.8 Å². The van der Waals surface area contributed by atoms with Crippen LogP contribution < -0.4 is 0 Å². The molecule has 0 saturated heterocycles. The molecule has 5 aromatic rings. The summed E-state index contributed by atoms with van der Waals surface area (Å²) in [4.78, 5) is 4.76. The lowest BCUT2D eigenvalue weighted by Gasteiger charge is -2.01. The monoisotopic (exact) mass is 341 g/mol. The van der Waals surface area contributed by atoms with E-state index in [-0.39, 0.29) is 0 Å². The molecule has 0 bridgehead atoms. The minimum atomic E-state index is 0.750. The van der Waals surface area contributed by atoms with E-state index in [0.717, 1.165) is 39.6 Å². The van der Waals surface area contributed by atoms with Gasteiger partial charge in [-0.25, -0.2) is 9.67 Å². The van der Waals surface area contributed by atoms with E-state index >= 15 is 0 Å². The maximum atomic E-state index is 5.47. The number of nitrogens with zero attached hydrogens (tertiary/aromatic N) is 5. The van der Waals surface area contributed by atoms with Gasteiger partial charge in [-0.1, -0.05) is 35.5 Å². The number of hydrogen-bond acceptors (Lipinski definition) is 4. The van der Waals surface area contributed by atoms with Gasteiger partial charge in [0.1, 0.15) is 17.1 Å². The van der Waals surface area contributed by atoms with Crippen LogP contribution in [0, 0.1) is 6.92 Å². The van der Waals surface area contributed by atoms with Crippen molar-refractivity contribution in [3.63, 3.8) is 0 Å². The Morgan fingerprint density at radius 1 is 0.962 bits per heavy atom. The van der Waals surface area contributed by atoms with E-state index in [2.05, 4.69) is 10.3 Å². The predicted molar refractivity (Wildman–Crippen MR) is 98.0 cm³/mol. The first-order valence-corrected chi connectivity index (χ1v) is 8.30. The standard InChI is InChI=1S/C20H15N5O/c1-14-19(20(23-26-14)15-6-3-2-4-7-15)17-13-24-12-16(8-9-18(24)22-17)25-11-5-10-21-25/h2-13H,1H3. The van der Waals surface area contributed by atoms with Crippen LogP contribution in [0.4, 0.5) is 0 Å². The van der Waals surface area contributed by atoms with Crippen molar-refractivity contribution in [2.45, 2.75) is 6.92 Å². The average molecular weight is 341 g/mol. The summed E-state index contributed by atoms with van der Waals surface area (Å²) >= 11 is 0. The van der Waals surface area contributed by atoms with Crippen molar-refractivity contribution in [2.24, 2.45) is 0 Å². The number of imidazole rings is 1. The van der Waals surface area contributed by atoms with Gasteiger partial charge >= 0.3 is 0 Å². The van der Waals surface area contributed by atoms with Gasteiger partial charge in [0, 0.05) is 30.4 Å². The summed E-state index contributed by atoms with van der Waals surface area (Å²) in [5, 5.41) is 8.53. The summed E-state index contributed by atoms with van der Waals surface area (Å²) in [6.07, 6.45) is 7.67. The second kappa shape index (κ2) is 5.70. The minimum Gasteiger partial charge on any atom is -0.360 e. The van der Waals surface area contributed by atoms with E-state index in [0.29, 0.717) is 0 Å². The molecule has 4 aromatic heterocycles. The molecule has 0 spiro atoms. The van der Waals surface area contributed by atoms with E-state index in [9.17, 15) is 0 Å². The summed E-state index contributed by atoms with van der Waals surface area (Å²) < 4.78 is 9.28. The fourth-order valence-corrected chi connectivity index (χ4v) is 3.12.